The summed E-state index contributed by atoms with van der Waals surface area (Å²) in [6.45, 7) is 4.75. The normalized spacial score (nSPS) is 13.3. The number of carbonyl (C=O) groups is 3. The Labute approximate surface area is 287 Å². The van der Waals surface area contributed by atoms with E-state index in [9.17, 15) is 19.5 Å². The number of ether oxygens (including phenoxy) is 1. The van der Waals surface area contributed by atoms with E-state index in [-0.39, 0.29) is 18.0 Å². The quantitative estimate of drug-likeness (QED) is 0.0367. The number of carboxylic acid groups (broad SMARTS) is 1. The molecule has 0 aliphatic carbocycles. The van der Waals surface area contributed by atoms with E-state index in [1.807, 2.05) is 0 Å². The molecule has 1 amide bonds. The molecule has 0 aliphatic heterocycles. The number of nitrogens with one attached hydrogen (secondary N) is 1. The first-order chi connectivity index (χ1) is 22.9. The smallest absolute Gasteiger partial charge is 0.326 e. The van der Waals surface area contributed by atoms with Gasteiger partial charge in [-0.1, -0.05) is 114 Å². The molecule has 7 heteroatoms. The van der Waals surface area contributed by atoms with Crippen LogP contribution in [0.3, 0.4) is 0 Å². The van der Waals surface area contributed by atoms with Crippen molar-refractivity contribution in [1.29, 1.82) is 0 Å². The zero-order valence-electron chi connectivity index (χ0n) is 30.1. The standard InChI is InChI=1S/C40H70N2O5/c1-3-5-7-9-10-11-12-13-14-15-16-17-18-19-20-22-28-34-39(44)47-36(30-25-21-8-6-4-2)31-26-23-24-27-33-38(43)42-37(40(45)46)32-29-35-41/h5,7,10-11,13-14,25,30,36-37H,3-4,6,8-9,12,15-24,26-29,31-35,41H2,1-2H3,(H,42,43)(H,45,46)/b7-5-,11-10-,14-13-,30-25-. The molecule has 2 unspecified atom stereocenters. The Balaban J connectivity index is 4.15. The van der Waals surface area contributed by atoms with Crippen LogP contribution < -0.4 is 11.1 Å². The van der Waals surface area contributed by atoms with Crippen molar-refractivity contribution in [2.75, 3.05) is 6.54 Å². The summed E-state index contributed by atoms with van der Waals surface area (Å²) in [4.78, 5) is 36.1. The minimum absolute atomic E-state index is 0.105. The van der Waals surface area contributed by atoms with E-state index < -0.39 is 12.0 Å². The van der Waals surface area contributed by atoms with Crippen molar-refractivity contribution >= 4 is 17.8 Å². The molecule has 0 rings (SSSR count). The first kappa shape index (κ1) is 44.3. The first-order valence-electron chi connectivity index (χ1n) is 19.0. The molecule has 0 aromatic rings. The van der Waals surface area contributed by atoms with Crippen LogP contribution in [-0.2, 0) is 19.1 Å². The van der Waals surface area contributed by atoms with Crippen molar-refractivity contribution in [2.24, 2.45) is 5.73 Å². The lowest BCUT2D eigenvalue weighted by Gasteiger charge is -2.15. The molecule has 0 aliphatic rings. The second kappa shape index (κ2) is 34.7. The number of allylic oxidation sites excluding steroid dienone is 7. The number of carboxylic acids is 1. The number of hydrogen-bond donors (Lipinski definition) is 3. The molecule has 47 heavy (non-hydrogen) atoms. The van der Waals surface area contributed by atoms with E-state index in [2.05, 4.69) is 67.8 Å². The average molecular weight is 659 g/mol. The third-order valence-corrected chi connectivity index (χ3v) is 8.11. The Hall–Kier alpha value is -2.67. The highest BCUT2D eigenvalue weighted by Gasteiger charge is 2.19. The van der Waals surface area contributed by atoms with Crippen LogP contribution in [0, 0.1) is 0 Å². The van der Waals surface area contributed by atoms with Crippen molar-refractivity contribution < 1.29 is 24.2 Å². The van der Waals surface area contributed by atoms with Crippen molar-refractivity contribution in [1.82, 2.24) is 5.32 Å². The predicted molar refractivity (Wildman–Crippen MR) is 197 cm³/mol. The Morgan fingerprint density at radius 2 is 1.23 bits per heavy atom. The van der Waals surface area contributed by atoms with Gasteiger partial charge in [-0.2, -0.15) is 0 Å². The fourth-order valence-electron chi connectivity index (χ4n) is 5.25. The maximum atomic E-state index is 12.6. The maximum Gasteiger partial charge on any atom is 0.326 e. The molecule has 4 N–H and O–H groups in total. The van der Waals surface area contributed by atoms with E-state index >= 15 is 0 Å². The monoisotopic (exact) mass is 659 g/mol. The van der Waals surface area contributed by atoms with Gasteiger partial charge in [-0.25, -0.2) is 4.79 Å². The average Bonchev–Trinajstić information content (AvgIpc) is 3.05. The number of aliphatic carboxylic acids is 1. The van der Waals surface area contributed by atoms with Gasteiger partial charge in [0.2, 0.25) is 5.91 Å². The third kappa shape index (κ3) is 31.7. The van der Waals surface area contributed by atoms with Gasteiger partial charge >= 0.3 is 11.9 Å². The van der Waals surface area contributed by atoms with Gasteiger partial charge in [0, 0.05) is 12.8 Å². The summed E-state index contributed by atoms with van der Waals surface area (Å²) in [6.07, 6.45) is 40.4. The van der Waals surface area contributed by atoms with Crippen LogP contribution in [0.1, 0.15) is 168 Å². The summed E-state index contributed by atoms with van der Waals surface area (Å²) >= 11 is 0. The van der Waals surface area contributed by atoms with Crippen LogP contribution in [0.25, 0.3) is 0 Å². The summed E-state index contributed by atoms with van der Waals surface area (Å²) in [6, 6.07) is -0.871. The highest BCUT2D eigenvalue weighted by molar-refractivity contribution is 5.83. The first-order valence-corrected chi connectivity index (χ1v) is 19.0. The van der Waals surface area contributed by atoms with Gasteiger partial charge in [-0.15, -0.1) is 0 Å². The minimum Gasteiger partial charge on any atom is -0.480 e. The molecule has 0 spiro atoms. The molecule has 0 radical (unpaired) electrons. The summed E-state index contributed by atoms with van der Waals surface area (Å²) in [5.74, 6) is -1.35. The highest BCUT2D eigenvalue weighted by Crippen LogP contribution is 2.15. The number of rotatable bonds is 33. The number of amides is 1. The Morgan fingerprint density at radius 3 is 1.89 bits per heavy atom. The van der Waals surface area contributed by atoms with Crippen molar-refractivity contribution in [2.45, 2.75) is 180 Å². The fourth-order valence-corrected chi connectivity index (χ4v) is 5.25. The predicted octanol–water partition coefficient (Wildman–Crippen LogP) is 10.1. The Morgan fingerprint density at radius 1 is 0.660 bits per heavy atom. The lowest BCUT2D eigenvalue weighted by molar-refractivity contribution is -0.147. The van der Waals surface area contributed by atoms with E-state index in [0.29, 0.717) is 38.6 Å². The molecule has 0 saturated carbocycles. The Kier molecular flexibility index (Phi) is 32.7. The molecule has 0 saturated heterocycles. The van der Waals surface area contributed by atoms with E-state index in [0.717, 1.165) is 77.0 Å². The number of esters is 1. The second-order valence-corrected chi connectivity index (χ2v) is 12.6. The summed E-state index contributed by atoms with van der Waals surface area (Å²) in [5, 5.41) is 11.9. The summed E-state index contributed by atoms with van der Waals surface area (Å²) in [5.41, 5.74) is 5.46. The van der Waals surface area contributed by atoms with Gasteiger partial charge < -0.3 is 20.9 Å². The summed E-state index contributed by atoms with van der Waals surface area (Å²) < 4.78 is 5.86. The Bertz CT molecular complexity index is 880. The van der Waals surface area contributed by atoms with Gasteiger partial charge in [-0.05, 0) is 96.1 Å². The molecular formula is C40H70N2O5. The molecule has 7 nitrogen and oxygen atoms in total. The molecular weight excluding hydrogens is 588 g/mol. The lowest BCUT2D eigenvalue weighted by Crippen LogP contribution is -2.40. The number of unbranched alkanes of at least 4 members (excludes halogenated alkanes) is 13. The molecule has 0 aromatic carbocycles. The number of hydrogen-bond acceptors (Lipinski definition) is 5. The SMILES string of the molecule is CC/C=C\C/C=C\C/C=C\CCCCCCCCCC(=O)OC(/C=C\CCCCC)CCCCCCC(=O)NC(CCCN)C(=O)O. The van der Waals surface area contributed by atoms with Crippen LogP contribution >= 0.6 is 0 Å². The van der Waals surface area contributed by atoms with E-state index in [1.54, 1.807) is 0 Å². The van der Waals surface area contributed by atoms with Gasteiger partial charge in [0.05, 0.1) is 0 Å². The van der Waals surface area contributed by atoms with Gasteiger partial charge in [0.1, 0.15) is 12.1 Å². The number of nitrogens with two attached hydrogens (primary N) is 1. The largest absolute Gasteiger partial charge is 0.480 e. The molecule has 0 bridgehead atoms. The third-order valence-electron chi connectivity index (χ3n) is 8.11. The van der Waals surface area contributed by atoms with Crippen LogP contribution in [0.15, 0.2) is 48.6 Å². The van der Waals surface area contributed by atoms with E-state index in [4.69, 9.17) is 10.5 Å². The fraction of sp³-hybridized carbons (Fsp3) is 0.725. The van der Waals surface area contributed by atoms with Crippen LogP contribution in [0.4, 0.5) is 0 Å². The van der Waals surface area contributed by atoms with E-state index in [1.165, 1.54) is 44.9 Å². The topological polar surface area (TPSA) is 119 Å². The molecule has 0 heterocycles. The van der Waals surface area contributed by atoms with Crippen LogP contribution in [-0.4, -0.2) is 41.6 Å². The highest BCUT2D eigenvalue weighted by atomic mass is 16.5. The molecule has 2 atom stereocenters. The zero-order chi connectivity index (χ0) is 34.6. The van der Waals surface area contributed by atoms with Gasteiger partial charge in [0.25, 0.3) is 0 Å². The molecule has 0 aromatic heterocycles. The van der Waals surface area contributed by atoms with Crippen molar-refractivity contribution in [3.05, 3.63) is 48.6 Å². The molecule has 270 valence electrons. The molecule has 0 fully saturated rings. The van der Waals surface area contributed by atoms with Crippen molar-refractivity contribution in [3.8, 4) is 0 Å². The van der Waals surface area contributed by atoms with Gasteiger partial charge in [-0.3, -0.25) is 9.59 Å². The second-order valence-electron chi connectivity index (χ2n) is 12.6. The van der Waals surface area contributed by atoms with Gasteiger partial charge in [0.15, 0.2) is 0 Å². The lowest BCUT2D eigenvalue weighted by atomic mass is 10.1. The minimum atomic E-state index is -1.02. The van der Waals surface area contributed by atoms with Crippen LogP contribution in [0.5, 0.6) is 0 Å². The number of carbonyl (C=O) groups excluding carboxylic acids is 2. The zero-order valence-corrected chi connectivity index (χ0v) is 30.1. The van der Waals surface area contributed by atoms with Crippen LogP contribution in [0.2, 0.25) is 0 Å². The maximum absolute atomic E-state index is 12.6. The summed E-state index contributed by atoms with van der Waals surface area (Å²) in [7, 11) is 0. The van der Waals surface area contributed by atoms with Crippen molar-refractivity contribution in [3.63, 3.8) is 0 Å².